The minimum Gasteiger partial charge on any atom is -0.333 e. The molecule has 132 valence electrons. The number of hydrogen-bond donors (Lipinski definition) is 1. The normalized spacial score (nSPS) is 19.6. The Morgan fingerprint density at radius 3 is 2.08 bits per heavy atom. The van der Waals surface area contributed by atoms with Gasteiger partial charge in [-0.3, -0.25) is 4.90 Å². The monoisotopic (exact) mass is 332 g/mol. The fourth-order valence-electron chi connectivity index (χ4n) is 3.39. The number of rotatable bonds is 4. The third kappa shape index (κ3) is 4.03. The molecule has 0 saturated carbocycles. The highest BCUT2D eigenvalue weighted by Crippen LogP contribution is 2.18. The van der Waals surface area contributed by atoms with Crippen LogP contribution in [0.25, 0.3) is 0 Å². The lowest BCUT2D eigenvalue weighted by atomic mass is 10.2. The zero-order chi connectivity index (χ0) is 17.0. The van der Waals surface area contributed by atoms with Gasteiger partial charge in [-0.05, 0) is 7.05 Å². The first kappa shape index (κ1) is 17.1. The van der Waals surface area contributed by atoms with Gasteiger partial charge in [0, 0.05) is 65.1 Å². The molecule has 1 fully saturated rings. The predicted octanol–water partition coefficient (Wildman–Crippen LogP) is 0.206. The van der Waals surface area contributed by atoms with E-state index in [2.05, 4.69) is 50.5 Å². The summed E-state index contributed by atoms with van der Waals surface area (Å²) in [6.07, 6.45) is 7.86. The topological polar surface area (TPSA) is 50.9 Å². The van der Waals surface area contributed by atoms with Crippen LogP contribution in [0.1, 0.15) is 11.6 Å². The molecule has 2 aromatic heterocycles. The zero-order valence-corrected chi connectivity index (χ0v) is 15.1. The summed E-state index contributed by atoms with van der Waals surface area (Å²) in [7, 11) is 6.38. The van der Waals surface area contributed by atoms with Crippen molar-refractivity contribution in [3.63, 3.8) is 0 Å². The summed E-state index contributed by atoms with van der Waals surface area (Å²) in [5.74, 6) is 2.29. The van der Waals surface area contributed by atoms with Crippen molar-refractivity contribution in [1.29, 1.82) is 0 Å². The molecule has 2 aromatic rings. The minimum atomic E-state index is 0.936. The summed E-state index contributed by atoms with van der Waals surface area (Å²) in [6, 6.07) is 0. The Bertz CT molecular complexity index is 603. The number of imidazole rings is 2. The number of hydrogen-bond acceptors (Lipinski definition) is 4. The summed E-state index contributed by atoms with van der Waals surface area (Å²) in [6.45, 7) is 8.36. The lowest BCUT2D eigenvalue weighted by Crippen LogP contribution is -2.53. The van der Waals surface area contributed by atoms with Crippen molar-refractivity contribution in [3.8, 4) is 0 Å². The van der Waals surface area contributed by atoms with Crippen LogP contribution in [0.2, 0.25) is 0 Å². The maximum Gasteiger partial charge on any atom is 0.164 e. The molecule has 1 aliphatic heterocycles. The summed E-state index contributed by atoms with van der Waals surface area (Å²) < 4.78 is 5.26. The van der Waals surface area contributed by atoms with Gasteiger partial charge in [-0.25, -0.2) is 9.97 Å². The Hall–Kier alpha value is -1.70. The van der Waals surface area contributed by atoms with E-state index in [9.17, 15) is 0 Å². The van der Waals surface area contributed by atoms with E-state index in [4.69, 9.17) is 0 Å². The zero-order valence-electron chi connectivity index (χ0n) is 15.1. The largest absolute Gasteiger partial charge is 0.333 e. The van der Waals surface area contributed by atoms with Gasteiger partial charge < -0.3 is 18.9 Å². The number of aryl methyl sites for hydroxylation is 2. The van der Waals surface area contributed by atoms with Gasteiger partial charge in [-0.1, -0.05) is 0 Å². The van der Waals surface area contributed by atoms with Gasteiger partial charge in [0.2, 0.25) is 0 Å². The Morgan fingerprint density at radius 2 is 1.54 bits per heavy atom. The highest BCUT2D eigenvalue weighted by Gasteiger charge is 2.32. The van der Waals surface area contributed by atoms with Crippen molar-refractivity contribution in [2.45, 2.75) is 13.1 Å². The SMILES string of the molecule is CN1CCNCC[N+](Cc2nccn2C)(Cc2nccn2C)CC1. The summed E-state index contributed by atoms with van der Waals surface area (Å²) in [4.78, 5) is 11.6. The molecule has 3 heterocycles. The quantitative estimate of drug-likeness (QED) is 0.813. The van der Waals surface area contributed by atoms with Crippen molar-refractivity contribution in [1.82, 2.24) is 29.3 Å². The van der Waals surface area contributed by atoms with Gasteiger partial charge in [-0.2, -0.15) is 0 Å². The van der Waals surface area contributed by atoms with E-state index in [1.54, 1.807) is 0 Å². The lowest BCUT2D eigenvalue weighted by molar-refractivity contribution is -0.953. The maximum atomic E-state index is 4.59. The second-order valence-corrected chi connectivity index (χ2v) is 7.07. The molecule has 7 nitrogen and oxygen atoms in total. The van der Waals surface area contributed by atoms with Crippen LogP contribution in [0, 0.1) is 0 Å². The summed E-state index contributed by atoms with van der Waals surface area (Å²) in [5, 5.41) is 3.59. The van der Waals surface area contributed by atoms with E-state index in [-0.39, 0.29) is 0 Å². The van der Waals surface area contributed by atoms with Crippen LogP contribution in [-0.4, -0.2) is 74.8 Å². The van der Waals surface area contributed by atoms with Crippen molar-refractivity contribution in [2.24, 2.45) is 14.1 Å². The van der Waals surface area contributed by atoms with Crippen molar-refractivity contribution in [3.05, 3.63) is 36.4 Å². The van der Waals surface area contributed by atoms with Crippen LogP contribution < -0.4 is 5.32 Å². The molecular formula is C17H30N7+. The third-order valence-corrected chi connectivity index (χ3v) is 5.18. The van der Waals surface area contributed by atoms with E-state index in [1.165, 1.54) is 0 Å². The van der Waals surface area contributed by atoms with Crippen LogP contribution >= 0.6 is 0 Å². The van der Waals surface area contributed by atoms with E-state index in [0.717, 1.165) is 68.5 Å². The average molecular weight is 332 g/mol. The fraction of sp³-hybridized carbons (Fsp3) is 0.647. The molecule has 0 spiro atoms. The van der Waals surface area contributed by atoms with E-state index in [1.807, 2.05) is 24.8 Å². The molecule has 0 bridgehead atoms. The van der Waals surface area contributed by atoms with E-state index < -0.39 is 0 Å². The summed E-state index contributed by atoms with van der Waals surface area (Å²) in [5.41, 5.74) is 0. The Labute approximate surface area is 144 Å². The standard InChI is InChI=1S/C17H30N7/c1-21-8-4-18-7-12-24(13-11-21,14-16-19-5-9-22(16)2)15-17-20-6-10-23(17)3/h5-6,9-10,18H,4,7-8,11-15H2,1-3H3/q+1. The number of nitrogens with zero attached hydrogens (tertiary/aromatic N) is 6. The fourth-order valence-corrected chi connectivity index (χ4v) is 3.39. The van der Waals surface area contributed by atoms with Crippen molar-refractivity contribution >= 4 is 0 Å². The van der Waals surface area contributed by atoms with Crippen LogP contribution in [0.5, 0.6) is 0 Å². The second-order valence-electron chi connectivity index (χ2n) is 7.07. The first-order chi connectivity index (χ1) is 11.6. The smallest absolute Gasteiger partial charge is 0.164 e. The van der Waals surface area contributed by atoms with Crippen molar-refractivity contribution in [2.75, 3.05) is 46.3 Å². The van der Waals surface area contributed by atoms with Gasteiger partial charge in [0.15, 0.2) is 11.6 Å². The lowest BCUT2D eigenvalue weighted by Gasteiger charge is -2.38. The van der Waals surface area contributed by atoms with Crippen LogP contribution in [0.4, 0.5) is 0 Å². The molecule has 1 aliphatic rings. The Balaban J connectivity index is 1.88. The molecule has 0 aromatic carbocycles. The molecule has 0 radical (unpaired) electrons. The van der Waals surface area contributed by atoms with Gasteiger partial charge in [0.05, 0.1) is 13.1 Å². The highest BCUT2D eigenvalue weighted by molar-refractivity contribution is 4.92. The number of likely N-dealkylation sites (N-methyl/N-ethyl adjacent to an activating group) is 1. The molecular weight excluding hydrogens is 302 g/mol. The second kappa shape index (κ2) is 7.46. The first-order valence-corrected chi connectivity index (χ1v) is 8.75. The maximum absolute atomic E-state index is 4.59. The third-order valence-electron chi connectivity index (χ3n) is 5.18. The van der Waals surface area contributed by atoms with Crippen LogP contribution in [0.3, 0.4) is 0 Å². The van der Waals surface area contributed by atoms with Gasteiger partial charge in [0.25, 0.3) is 0 Å². The summed E-state index contributed by atoms with van der Waals surface area (Å²) >= 11 is 0. The van der Waals surface area contributed by atoms with E-state index in [0.29, 0.717) is 0 Å². The predicted molar refractivity (Wildman–Crippen MR) is 94.2 cm³/mol. The molecule has 0 amide bonds. The molecule has 0 aliphatic carbocycles. The van der Waals surface area contributed by atoms with Crippen molar-refractivity contribution < 1.29 is 4.48 Å². The highest BCUT2D eigenvalue weighted by atomic mass is 15.4. The molecule has 7 heteroatoms. The molecule has 1 saturated heterocycles. The number of quaternary nitrogens is 1. The molecule has 0 atom stereocenters. The molecule has 24 heavy (non-hydrogen) atoms. The number of aromatic nitrogens is 4. The molecule has 3 rings (SSSR count). The molecule has 1 N–H and O–H groups in total. The first-order valence-electron chi connectivity index (χ1n) is 8.75. The Morgan fingerprint density at radius 1 is 0.917 bits per heavy atom. The molecule has 0 unspecified atom stereocenters. The van der Waals surface area contributed by atoms with Gasteiger partial charge >= 0.3 is 0 Å². The average Bonchev–Trinajstić information content (AvgIpc) is 3.15. The Kier molecular flexibility index (Phi) is 5.33. The number of nitrogens with one attached hydrogen (secondary N) is 1. The van der Waals surface area contributed by atoms with Gasteiger partial charge in [-0.15, -0.1) is 0 Å². The van der Waals surface area contributed by atoms with Crippen LogP contribution in [-0.2, 0) is 27.2 Å². The minimum absolute atomic E-state index is 0.936. The van der Waals surface area contributed by atoms with Crippen LogP contribution in [0.15, 0.2) is 24.8 Å². The van der Waals surface area contributed by atoms with Gasteiger partial charge in [0.1, 0.15) is 13.1 Å². The van der Waals surface area contributed by atoms with E-state index >= 15 is 0 Å².